The topological polar surface area (TPSA) is 0 Å². The molecule has 0 saturated carbocycles. The van der Waals surface area contributed by atoms with Crippen LogP contribution < -0.4 is 0 Å². The summed E-state index contributed by atoms with van der Waals surface area (Å²) < 4.78 is 23.6. The molecule has 0 aromatic rings. The predicted octanol–water partition coefficient (Wildman–Crippen LogP) is 3.42. The van der Waals surface area contributed by atoms with Gasteiger partial charge in [0.2, 0.25) is 0 Å². The van der Waals surface area contributed by atoms with Crippen LogP contribution in [0.3, 0.4) is 0 Å². The SMILES string of the molecule is C=C(S/C(C)=C\C)C(F)F. The zero-order chi connectivity index (χ0) is 8.15. The highest BCUT2D eigenvalue weighted by atomic mass is 32.2. The summed E-state index contributed by atoms with van der Waals surface area (Å²) in [4.78, 5) is 0.765. The summed E-state index contributed by atoms with van der Waals surface area (Å²) in [5.41, 5.74) is 0. The Hall–Kier alpha value is -0.310. The normalized spacial score (nSPS) is 12.3. The molecule has 0 aromatic heterocycles. The van der Waals surface area contributed by atoms with E-state index in [-0.39, 0.29) is 4.91 Å². The first-order chi connectivity index (χ1) is 4.57. The maximum Gasteiger partial charge on any atom is 0.269 e. The van der Waals surface area contributed by atoms with Crippen molar-refractivity contribution in [1.82, 2.24) is 0 Å². The van der Waals surface area contributed by atoms with Gasteiger partial charge in [-0.25, -0.2) is 8.78 Å². The third-order valence-electron chi connectivity index (χ3n) is 0.942. The number of allylic oxidation sites excluding steroid dienone is 3. The molecule has 10 heavy (non-hydrogen) atoms. The highest BCUT2D eigenvalue weighted by Crippen LogP contribution is 2.27. The number of halogens is 2. The smallest absolute Gasteiger partial charge is 0.204 e. The minimum absolute atomic E-state index is 0.0874. The quantitative estimate of drug-likeness (QED) is 0.615. The molecule has 0 spiro atoms. The number of thioether (sulfide) groups is 1. The molecule has 0 saturated heterocycles. The molecular formula is C7H10F2S. The van der Waals surface area contributed by atoms with Gasteiger partial charge in [0.25, 0.3) is 6.43 Å². The van der Waals surface area contributed by atoms with E-state index in [2.05, 4.69) is 6.58 Å². The second-order valence-corrected chi connectivity index (χ2v) is 3.14. The largest absolute Gasteiger partial charge is 0.269 e. The lowest BCUT2D eigenvalue weighted by Crippen LogP contribution is -1.89. The van der Waals surface area contributed by atoms with Crippen LogP contribution >= 0.6 is 11.8 Å². The minimum Gasteiger partial charge on any atom is -0.204 e. The molecule has 3 heteroatoms. The van der Waals surface area contributed by atoms with Crippen LogP contribution in [0.25, 0.3) is 0 Å². The summed E-state index contributed by atoms with van der Waals surface area (Å²) in [6.45, 7) is 6.80. The minimum atomic E-state index is -2.42. The zero-order valence-corrected chi connectivity index (χ0v) is 6.84. The van der Waals surface area contributed by atoms with Gasteiger partial charge in [-0.3, -0.25) is 0 Å². The maximum absolute atomic E-state index is 11.8. The maximum atomic E-state index is 11.8. The van der Waals surface area contributed by atoms with E-state index in [9.17, 15) is 8.78 Å². The standard InChI is InChI=1S/C7H10F2S/c1-4-5(2)10-6(3)7(8)9/h4,7H,3H2,1-2H3/b5-4-. The molecule has 0 N–H and O–H groups in total. The Morgan fingerprint density at radius 1 is 1.60 bits per heavy atom. The zero-order valence-electron chi connectivity index (χ0n) is 6.03. The first-order valence-electron chi connectivity index (χ1n) is 2.85. The third-order valence-corrected chi connectivity index (χ3v) is 1.94. The van der Waals surface area contributed by atoms with Crippen LogP contribution in [-0.4, -0.2) is 6.43 Å². The number of rotatable bonds is 3. The summed E-state index contributed by atoms with van der Waals surface area (Å²) in [6, 6.07) is 0. The molecule has 0 rings (SSSR count). The molecular weight excluding hydrogens is 154 g/mol. The molecule has 0 amide bonds. The fourth-order valence-electron chi connectivity index (χ4n) is 0.310. The molecule has 0 radical (unpaired) electrons. The Morgan fingerprint density at radius 2 is 2.10 bits per heavy atom. The van der Waals surface area contributed by atoms with Crippen LogP contribution in [-0.2, 0) is 0 Å². The van der Waals surface area contributed by atoms with E-state index in [0.717, 1.165) is 16.7 Å². The molecule has 0 aliphatic heterocycles. The molecule has 0 bridgehead atoms. The molecule has 0 fully saturated rings. The van der Waals surface area contributed by atoms with E-state index in [0.29, 0.717) is 0 Å². The molecule has 0 aliphatic rings. The second kappa shape index (κ2) is 4.50. The van der Waals surface area contributed by atoms with Crippen LogP contribution in [0.1, 0.15) is 13.8 Å². The Kier molecular flexibility index (Phi) is 4.36. The Morgan fingerprint density at radius 3 is 2.40 bits per heavy atom. The van der Waals surface area contributed by atoms with Gasteiger partial charge in [0.1, 0.15) is 0 Å². The third kappa shape index (κ3) is 3.67. The predicted molar refractivity (Wildman–Crippen MR) is 42.2 cm³/mol. The molecule has 0 aliphatic carbocycles. The van der Waals surface area contributed by atoms with Gasteiger partial charge in [-0.1, -0.05) is 24.4 Å². The summed E-state index contributed by atoms with van der Waals surface area (Å²) in [5.74, 6) is 0. The monoisotopic (exact) mass is 164 g/mol. The van der Waals surface area contributed by atoms with Crippen molar-refractivity contribution < 1.29 is 8.78 Å². The van der Waals surface area contributed by atoms with Crippen molar-refractivity contribution in [1.29, 1.82) is 0 Å². The van der Waals surface area contributed by atoms with Crippen molar-refractivity contribution in [3.63, 3.8) is 0 Å². The van der Waals surface area contributed by atoms with Crippen LogP contribution in [0.15, 0.2) is 22.5 Å². The van der Waals surface area contributed by atoms with E-state index in [1.807, 2.05) is 0 Å². The fraction of sp³-hybridized carbons (Fsp3) is 0.429. The van der Waals surface area contributed by atoms with Crippen molar-refractivity contribution >= 4 is 11.8 Å². The Labute approximate surface area is 64.0 Å². The van der Waals surface area contributed by atoms with Gasteiger partial charge in [0.05, 0.1) is 0 Å². The van der Waals surface area contributed by atoms with Gasteiger partial charge in [0, 0.05) is 4.91 Å². The van der Waals surface area contributed by atoms with Crippen molar-refractivity contribution in [2.24, 2.45) is 0 Å². The highest BCUT2D eigenvalue weighted by Gasteiger charge is 2.08. The van der Waals surface area contributed by atoms with Crippen LogP contribution in [0, 0.1) is 0 Å². The van der Waals surface area contributed by atoms with Gasteiger partial charge < -0.3 is 0 Å². The number of hydrogen-bond donors (Lipinski definition) is 0. The van der Waals surface area contributed by atoms with Crippen molar-refractivity contribution in [2.75, 3.05) is 0 Å². The van der Waals surface area contributed by atoms with Crippen LogP contribution in [0.2, 0.25) is 0 Å². The molecule has 0 nitrogen and oxygen atoms in total. The fourth-order valence-corrected chi connectivity index (χ4v) is 0.931. The van der Waals surface area contributed by atoms with E-state index in [1.165, 1.54) is 0 Å². The van der Waals surface area contributed by atoms with Crippen molar-refractivity contribution in [2.45, 2.75) is 20.3 Å². The lowest BCUT2D eigenvalue weighted by Gasteiger charge is -2.01. The van der Waals surface area contributed by atoms with Gasteiger partial charge >= 0.3 is 0 Å². The van der Waals surface area contributed by atoms with E-state index in [4.69, 9.17) is 0 Å². The highest BCUT2D eigenvalue weighted by molar-refractivity contribution is 8.06. The summed E-state index contributed by atoms with van der Waals surface area (Å²) in [7, 11) is 0. The Balaban J connectivity index is 3.81. The average molecular weight is 164 g/mol. The van der Waals surface area contributed by atoms with E-state index in [1.54, 1.807) is 19.9 Å². The van der Waals surface area contributed by atoms with Gasteiger partial charge in [-0.15, -0.1) is 0 Å². The molecule has 58 valence electrons. The Bertz CT molecular complexity index is 150. The van der Waals surface area contributed by atoms with Crippen molar-refractivity contribution in [3.8, 4) is 0 Å². The first kappa shape index (κ1) is 9.69. The molecule has 0 atom stereocenters. The summed E-state index contributed by atoms with van der Waals surface area (Å²) in [6.07, 6.45) is -0.641. The van der Waals surface area contributed by atoms with Crippen LogP contribution in [0.4, 0.5) is 8.78 Å². The summed E-state index contributed by atoms with van der Waals surface area (Å²) in [5, 5.41) is 0. The van der Waals surface area contributed by atoms with Crippen LogP contribution in [0.5, 0.6) is 0 Å². The van der Waals surface area contributed by atoms with Gasteiger partial charge in [-0.05, 0) is 18.8 Å². The average Bonchev–Trinajstić information content (AvgIpc) is 1.87. The van der Waals surface area contributed by atoms with Gasteiger partial charge in [-0.2, -0.15) is 0 Å². The summed E-state index contributed by atoms with van der Waals surface area (Å²) >= 11 is 1.02. The molecule has 0 aromatic carbocycles. The second-order valence-electron chi connectivity index (χ2n) is 1.77. The van der Waals surface area contributed by atoms with Gasteiger partial charge in [0.15, 0.2) is 0 Å². The molecule has 0 unspecified atom stereocenters. The van der Waals surface area contributed by atoms with Crippen molar-refractivity contribution in [3.05, 3.63) is 22.5 Å². The first-order valence-corrected chi connectivity index (χ1v) is 3.67. The number of alkyl halides is 2. The lowest BCUT2D eigenvalue weighted by molar-refractivity contribution is 0.200. The lowest BCUT2D eigenvalue weighted by atomic mass is 10.6. The number of hydrogen-bond acceptors (Lipinski definition) is 1. The van der Waals surface area contributed by atoms with E-state index < -0.39 is 6.43 Å². The van der Waals surface area contributed by atoms with E-state index >= 15 is 0 Å². The molecule has 0 heterocycles.